The molecule has 86 valence electrons. The van der Waals surface area contributed by atoms with Crippen LogP contribution in [0.4, 0.5) is 0 Å². The van der Waals surface area contributed by atoms with Crippen molar-refractivity contribution in [2.75, 3.05) is 0 Å². The van der Waals surface area contributed by atoms with Crippen LogP contribution in [0.2, 0.25) is 0 Å². The van der Waals surface area contributed by atoms with Gasteiger partial charge in [-0.25, -0.2) is 4.98 Å². The van der Waals surface area contributed by atoms with Crippen molar-refractivity contribution in [3.63, 3.8) is 0 Å². The van der Waals surface area contributed by atoms with Gasteiger partial charge in [0.05, 0.1) is 24.0 Å². The summed E-state index contributed by atoms with van der Waals surface area (Å²) in [6.07, 6.45) is 4.11. The molecule has 1 aromatic carbocycles. The van der Waals surface area contributed by atoms with Gasteiger partial charge in [-0.15, -0.1) is 0 Å². The first-order valence-corrected chi connectivity index (χ1v) is 6.60. The van der Waals surface area contributed by atoms with Gasteiger partial charge < -0.3 is 10.3 Å². The lowest BCUT2D eigenvalue weighted by molar-refractivity contribution is 0.644. The molecule has 0 spiro atoms. The normalized spacial score (nSPS) is 18.9. The lowest BCUT2D eigenvalue weighted by Crippen LogP contribution is -2.22. The number of aromatic nitrogens is 2. The molecule has 1 aliphatic carbocycles. The molecule has 1 aromatic heterocycles. The van der Waals surface area contributed by atoms with Crippen molar-refractivity contribution in [3.8, 4) is 11.4 Å². The fraction of sp³-hybridized carbons (Fsp3) is 0.308. The highest BCUT2D eigenvalue weighted by Crippen LogP contribution is 2.45. The van der Waals surface area contributed by atoms with Gasteiger partial charge in [0.15, 0.2) is 0 Å². The minimum atomic E-state index is -0.107. The Morgan fingerprint density at radius 3 is 2.94 bits per heavy atom. The Hall–Kier alpha value is -1.13. The lowest BCUT2D eigenvalue weighted by atomic mass is 10.1. The van der Waals surface area contributed by atoms with Crippen molar-refractivity contribution in [1.82, 2.24) is 9.55 Å². The van der Waals surface area contributed by atoms with E-state index < -0.39 is 0 Å². The van der Waals surface area contributed by atoms with Gasteiger partial charge >= 0.3 is 0 Å². The highest BCUT2D eigenvalue weighted by atomic mass is 79.9. The van der Waals surface area contributed by atoms with Crippen LogP contribution in [0.1, 0.15) is 24.1 Å². The maximum Gasteiger partial charge on any atom is 0.140 e. The average Bonchev–Trinajstić information content (AvgIpc) is 2.77. The summed E-state index contributed by atoms with van der Waals surface area (Å²) in [6.45, 7) is 0.909. The van der Waals surface area contributed by atoms with Crippen LogP contribution in [0, 0.1) is 0 Å². The minimum Gasteiger partial charge on any atom is -0.322 e. The minimum absolute atomic E-state index is 0.107. The maximum atomic E-state index is 6.28. The fourth-order valence-electron chi connectivity index (χ4n) is 2.60. The molecule has 2 heterocycles. The zero-order valence-corrected chi connectivity index (χ0v) is 10.9. The van der Waals surface area contributed by atoms with Crippen LogP contribution in [0.3, 0.4) is 0 Å². The van der Waals surface area contributed by atoms with E-state index >= 15 is 0 Å². The van der Waals surface area contributed by atoms with E-state index in [9.17, 15) is 0 Å². The third-order valence-corrected chi connectivity index (χ3v) is 4.29. The van der Waals surface area contributed by atoms with Crippen LogP contribution < -0.4 is 5.73 Å². The molecule has 1 fully saturated rings. The molecule has 2 aromatic rings. The van der Waals surface area contributed by atoms with Gasteiger partial charge in [0.2, 0.25) is 0 Å². The largest absolute Gasteiger partial charge is 0.322 e. The number of halogens is 1. The van der Waals surface area contributed by atoms with Crippen molar-refractivity contribution in [2.45, 2.75) is 24.9 Å². The second-order valence-electron chi connectivity index (χ2n) is 5.01. The summed E-state index contributed by atoms with van der Waals surface area (Å²) in [7, 11) is 0. The molecular weight excluding hydrogens is 278 g/mol. The number of rotatable bonds is 1. The van der Waals surface area contributed by atoms with Crippen LogP contribution in [0.25, 0.3) is 11.4 Å². The Morgan fingerprint density at radius 1 is 1.35 bits per heavy atom. The van der Waals surface area contributed by atoms with E-state index in [-0.39, 0.29) is 5.54 Å². The van der Waals surface area contributed by atoms with Crippen molar-refractivity contribution in [2.24, 2.45) is 5.73 Å². The summed E-state index contributed by atoms with van der Waals surface area (Å²) >= 11 is 3.51. The van der Waals surface area contributed by atoms with E-state index in [4.69, 9.17) is 5.73 Å². The Morgan fingerprint density at radius 2 is 2.18 bits per heavy atom. The number of benzene rings is 1. The fourth-order valence-corrected chi connectivity index (χ4v) is 2.97. The van der Waals surface area contributed by atoms with Gasteiger partial charge in [-0.1, -0.05) is 22.0 Å². The Kier molecular flexibility index (Phi) is 1.74. The van der Waals surface area contributed by atoms with E-state index in [1.807, 2.05) is 6.20 Å². The van der Waals surface area contributed by atoms with E-state index in [1.54, 1.807) is 0 Å². The molecule has 1 saturated carbocycles. The molecule has 4 rings (SSSR count). The summed E-state index contributed by atoms with van der Waals surface area (Å²) in [4.78, 5) is 4.55. The first kappa shape index (κ1) is 9.85. The Bertz CT molecular complexity index is 626. The summed E-state index contributed by atoms with van der Waals surface area (Å²) in [5, 5.41) is 0. The second-order valence-corrected chi connectivity index (χ2v) is 5.93. The molecule has 1 aliphatic heterocycles. The van der Waals surface area contributed by atoms with Crippen molar-refractivity contribution >= 4 is 15.9 Å². The number of hydrogen-bond acceptors (Lipinski definition) is 2. The Labute approximate surface area is 108 Å². The highest BCUT2D eigenvalue weighted by molar-refractivity contribution is 9.10. The molecule has 2 N–H and O–H groups in total. The third-order valence-electron chi connectivity index (χ3n) is 3.80. The Balaban J connectivity index is 1.91. The molecule has 0 saturated heterocycles. The van der Waals surface area contributed by atoms with Crippen molar-refractivity contribution < 1.29 is 0 Å². The van der Waals surface area contributed by atoms with E-state index in [0.29, 0.717) is 0 Å². The number of imidazole rings is 1. The molecule has 0 unspecified atom stereocenters. The predicted octanol–water partition coefficient (Wildman–Crippen LogP) is 2.62. The van der Waals surface area contributed by atoms with E-state index in [1.165, 1.54) is 16.8 Å². The summed E-state index contributed by atoms with van der Waals surface area (Å²) < 4.78 is 3.37. The van der Waals surface area contributed by atoms with Gasteiger partial charge in [-0.3, -0.25) is 0 Å². The quantitative estimate of drug-likeness (QED) is 0.748. The number of fused-ring (bicyclic) bond motifs is 3. The molecule has 2 aliphatic rings. The van der Waals surface area contributed by atoms with Crippen LogP contribution in [-0.4, -0.2) is 9.55 Å². The van der Waals surface area contributed by atoms with Gasteiger partial charge in [0.25, 0.3) is 0 Å². The van der Waals surface area contributed by atoms with Gasteiger partial charge in [-0.2, -0.15) is 0 Å². The van der Waals surface area contributed by atoms with Crippen molar-refractivity contribution in [3.05, 3.63) is 40.1 Å². The summed E-state index contributed by atoms with van der Waals surface area (Å²) in [5.41, 5.74) is 9.93. The lowest BCUT2D eigenvalue weighted by Gasteiger charge is -2.10. The molecule has 4 heteroatoms. The molecule has 3 nitrogen and oxygen atoms in total. The molecule has 0 bridgehead atoms. The van der Waals surface area contributed by atoms with Gasteiger partial charge in [0.1, 0.15) is 5.82 Å². The van der Waals surface area contributed by atoms with E-state index in [2.05, 4.69) is 43.7 Å². The molecule has 0 amide bonds. The van der Waals surface area contributed by atoms with Crippen LogP contribution in [0.5, 0.6) is 0 Å². The monoisotopic (exact) mass is 289 g/mol. The van der Waals surface area contributed by atoms with Crippen LogP contribution >= 0.6 is 15.9 Å². The topological polar surface area (TPSA) is 43.8 Å². The third kappa shape index (κ3) is 1.28. The summed E-state index contributed by atoms with van der Waals surface area (Å²) in [6, 6.07) is 6.38. The van der Waals surface area contributed by atoms with Crippen molar-refractivity contribution in [1.29, 1.82) is 0 Å². The van der Waals surface area contributed by atoms with E-state index in [0.717, 1.165) is 29.7 Å². The molecular formula is C13H12BrN3. The predicted molar refractivity (Wildman–Crippen MR) is 69.6 cm³/mol. The average molecular weight is 290 g/mol. The van der Waals surface area contributed by atoms with Gasteiger partial charge in [0, 0.05) is 10.0 Å². The number of nitrogens with zero attached hydrogens (tertiary/aromatic N) is 2. The molecule has 0 atom stereocenters. The molecule has 0 radical (unpaired) electrons. The standard InChI is InChI=1S/C13H12BrN3/c14-9-2-1-8-7-17-11(13(15)3-4-13)6-16-12(17)10(8)5-9/h1-2,5-6H,3-4,7,15H2. The van der Waals surface area contributed by atoms with Crippen LogP contribution in [0.15, 0.2) is 28.9 Å². The SMILES string of the molecule is NC1(c2cnc3n2Cc2ccc(Br)cc2-3)CC1. The smallest absolute Gasteiger partial charge is 0.140 e. The molecule has 17 heavy (non-hydrogen) atoms. The number of nitrogens with two attached hydrogens (primary N) is 1. The summed E-state index contributed by atoms with van der Waals surface area (Å²) in [5.74, 6) is 1.06. The number of hydrogen-bond donors (Lipinski definition) is 1. The first-order valence-electron chi connectivity index (χ1n) is 5.81. The van der Waals surface area contributed by atoms with Gasteiger partial charge in [-0.05, 0) is 30.5 Å². The zero-order chi connectivity index (χ0) is 11.6. The highest BCUT2D eigenvalue weighted by Gasteiger charge is 2.44. The van der Waals surface area contributed by atoms with Crippen LogP contribution in [-0.2, 0) is 12.1 Å². The zero-order valence-electron chi connectivity index (χ0n) is 9.28. The second kappa shape index (κ2) is 3.00. The maximum absolute atomic E-state index is 6.28. The first-order chi connectivity index (χ1) is 8.17.